The van der Waals surface area contributed by atoms with Gasteiger partial charge < -0.3 is 15.0 Å². The third kappa shape index (κ3) is 6.70. The van der Waals surface area contributed by atoms with E-state index >= 15 is 0 Å². The molecule has 9 nitrogen and oxygen atoms in total. The van der Waals surface area contributed by atoms with Crippen LogP contribution in [0.15, 0.2) is 59.6 Å². The first-order valence-electron chi connectivity index (χ1n) is 14.0. The van der Waals surface area contributed by atoms with Gasteiger partial charge in [0.2, 0.25) is 17.8 Å². The van der Waals surface area contributed by atoms with Crippen LogP contribution in [0.5, 0.6) is 0 Å². The molecule has 1 N–H and O–H groups in total. The van der Waals surface area contributed by atoms with E-state index in [-0.39, 0.29) is 11.9 Å². The third-order valence-corrected chi connectivity index (χ3v) is 7.14. The Kier molecular flexibility index (Phi) is 8.78. The van der Waals surface area contributed by atoms with E-state index in [0.717, 1.165) is 22.4 Å². The minimum atomic E-state index is -2.83. The van der Waals surface area contributed by atoms with Crippen molar-refractivity contribution in [1.82, 2.24) is 24.5 Å². The monoisotopic (exact) mass is 584 g/mol. The number of benzene rings is 2. The number of rotatable bonds is 9. The molecule has 0 aliphatic carbocycles. The first-order chi connectivity index (χ1) is 20.7. The van der Waals surface area contributed by atoms with Crippen LogP contribution < -0.4 is 10.2 Å². The fourth-order valence-corrected chi connectivity index (χ4v) is 5.05. The number of terminal acetylenes is 1. The molecule has 0 bridgehead atoms. The Morgan fingerprint density at radius 2 is 1.77 bits per heavy atom. The highest BCUT2D eigenvalue weighted by Gasteiger charge is 2.27. The second kappa shape index (κ2) is 12.7. The SMILES string of the molecule is C#C/C(=C\C(C)=NC)c1ccccc1CC(C)(C)Nc1nc(N2CCOCC2)nc(-n2c(C(F)F)nc3ccccc32)n1. The molecule has 0 amide bonds. The van der Waals surface area contributed by atoms with Crippen LogP contribution in [0.2, 0.25) is 0 Å². The van der Waals surface area contributed by atoms with Gasteiger partial charge in [0.15, 0.2) is 5.82 Å². The number of aliphatic imine (C=N–C) groups is 1. The zero-order valence-electron chi connectivity index (χ0n) is 24.7. The maximum absolute atomic E-state index is 14.2. The van der Waals surface area contributed by atoms with Gasteiger partial charge in [-0.1, -0.05) is 42.3 Å². The molecule has 43 heavy (non-hydrogen) atoms. The molecule has 2 aromatic heterocycles. The van der Waals surface area contributed by atoms with Gasteiger partial charge in [0.05, 0.1) is 24.2 Å². The van der Waals surface area contributed by atoms with Crippen molar-refractivity contribution < 1.29 is 13.5 Å². The second-order valence-electron chi connectivity index (χ2n) is 10.9. The Balaban J connectivity index is 1.56. The molecule has 0 atom stereocenters. The van der Waals surface area contributed by atoms with Gasteiger partial charge >= 0.3 is 0 Å². The summed E-state index contributed by atoms with van der Waals surface area (Å²) >= 11 is 0. The van der Waals surface area contributed by atoms with Crippen molar-refractivity contribution in [2.24, 2.45) is 4.99 Å². The zero-order valence-corrected chi connectivity index (χ0v) is 24.7. The lowest BCUT2D eigenvalue weighted by Crippen LogP contribution is -2.39. The molecule has 1 saturated heterocycles. The number of anilines is 2. The molecule has 0 radical (unpaired) electrons. The topological polar surface area (TPSA) is 93.3 Å². The molecular weight excluding hydrogens is 550 g/mol. The lowest BCUT2D eigenvalue weighted by atomic mass is 9.89. The van der Waals surface area contributed by atoms with Crippen LogP contribution in [0.1, 0.15) is 44.1 Å². The van der Waals surface area contributed by atoms with Crippen LogP contribution in [0.3, 0.4) is 0 Å². The second-order valence-corrected chi connectivity index (χ2v) is 10.9. The van der Waals surface area contributed by atoms with Crippen molar-refractivity contribution in [2.45, 2.75) is 39.2 Å². The summed E-state index contributed by atoms with van der Waals surface area (Å²) in [5.41, 5.74) is 3.85. The summed E-state index contributed by atoms with van der Waals surface area (Å²) in [6.45, 7) is 8.10. The van der Waals surface area contributed by atoms with E-state index in [2.05, 4.69) is 31.2 Å². The molecule has 0 spiro atoms. The zero-order chi connectivity index (χ0) is 30.6. The highest BCUT2D eigenvalue weighted by atomic mass is 19.3. The Labute approximate surface area is 249 Å². The average Bonchev–Trinajstić information content (AvgIpc) is 3.40. The summed E-state index contributed by atoms with van der Waals surface area (Å²) in [7, 11) is 1.73. The molecular formula is C32H34F2N8O. The maximum Gasteiger partial charge on any atom is 0.296 e. The van der Waals surface area contributed by atoms with E-state index in [1.165, 1.54) is 4.57 Å². The van der Waals surface area contributed by atoms with Gasteiger partial charge in [0.1, 0.15) is 0 Å². The number of nitrogens with one attached hydrogen (secondary N) is 1. The molecule has 1 aliphatic rings. The number of ether oxygens (including phenoxy) is 1. The van der Waals surface area contributed by atoms with Crippen molar-refractivity contribution in [3.8, 4) is 18.3 Å². The smallest absolute Gasteiger partial charge is 0.296 e. The Morgan fingerprint density at radius 1 is 1.07 bits per heavy atom. The molecule has 4 aromatic rings. The summed E-state index contributed by atoms with van der Waals surface area (Å²) in [4.78, 5) is 24.4. The fourth-order valence-electron chi connectivity index (χ4n) is 5.05. The van der Waals surface area contributed by atoms with E-state index in [9.17, 15) is 8.78 Å². The van der Waals surface area contributed by atoms with Crippen LogP contribution in [0.4, 0.5) is 20.7 Å². The number of fused-ring (bicyclic) bond motifs is 1. The predicted octanol–water partition coefficient (Wildman–Crippen LogP) is 5.53. The number of nitrogens with zero attached hydrogens (tertiary/aromatic N) is 7. The van der Waals surface area contributed by atoms with Gasteiger partial charge in [-0.25, -0.2) is 13.8 Å². The van der Waals surface area contributed by atoms with Gasteiger partial charge in [-0.2, -0.15) is 15.0 Å². The standard InChI is InChI=1S/C32H34F2N8O/c1-6-22(19-21(2)35-5)24-12-8-7-11-23(24)20-32(3,4)40-29-37-30(41-15-17-43-18-16-41)39-31(38-29)42-26-14-10-9-13-25(26)36-28(42)27(33)34/h1,7-14,19,27H,15-18,20H2,2-5H3,(H,37,38,39,40)/b22-19+,35-21?. The van der Waals surface area contributed by atoms with Crippen LogP contribution in [-0.2, 0) is 11.2 Å². The number of hydrogen-bond donors (Lipinski definition) is 1. The van der Waals surface area contributed by atoms with E-state index in [0.29, 0.717) is 49.7 Å². The highest BCUT2D eigenvalue weighted by Crippen LogP contribution is 2.29. The van der Waals surface area contributed by atoms with E-state index < -0.39 is 17.8 Å². The number of allylic oxidation sites excluding steroid dienone is 2. The summed E-state index contributed by atoms with van der Waals surface area (Å²) in [5.74, 6) is 3.06. The maximum atomic E-state index is 14.2. The fraction of sp³-hybridized carbons (Fsp3) is 0.344. The predicted molar refractivity (Wildman–Crippen MR) is 166 cm³/mol. The molecule has 5 rings (SSSR count). The van der Waals surface area contributed by atoms with Gasteiger partial charge in [0, 0.05) is 37.0 Å². The quantitative estimate of drug-likeness (QED) is 0.204. The molecule has 1 aliphatic heterocycles. The molecule has 1 fully saturated rings. The van der Waals surface area contributed by atoms with Crippen molar-refractivity contribution >= 4 is 34.2 Å². The van der Waals surface area contributed by atoms with Crippen molar-refractivity contribution in [2.75, 3.05) is 43.6 Å². The van der Waals surface area contributed by atoms with Crippen molar-refractivity contribution in [3.05, 3.63) is 71.6 Å². The third-order valence-electron chi connectivity index (χ3n) is 7.14. The first-order valence-corrected chi connectivity index (χ1v) is 14.0. The molecule has 2 aromatic carbocycles. The van der Waals surface area contributed by atoms with E-state index in [1.54, 1.807) is 31.3 Å². The van der Waals surface area contributed by atoms with Crippen molar-refractivity contribution in [3.63, 3.8) is 0 Å². The van der Waals surface area contributed by atoms with E-state index in [4.69, 9.17) is 16.1 Å². The molecule has 0 unspecified atom stereocenters. The number of para-hydroxylation sites is 2. The summed E-state index contributed by atoms with van der Waals surface area (Å²) in [5, 5.41) is 3.45. The summed E-state index contributed by atoms with van der Waals surface area (Å²) < 4.78 is 35.3. The van der Waals surface area contributed by atoms with Gasteiger partial charge in [-0.15, -0.1) is 6.42 Å². The van der Waals surface area contributed by atoms with Crippen LogP contribution >= 0.6 is 0 Å². The minimum Gasteiger partial charge on any atom is -0.378 e. The first kappa shape index (κ1) is 29.8. The Morgan fingerprint density at radius 3 is 2.49 bits per heavy atom. The lowest BCUT2D eigenvalue weighted by molar-refractivity contribution is 0.122. The van der Waals surface area contributed by atoms with Gasteiger partial charge in [0.25, 0.3) is 6.43 Å². The molecule has 3 heterocycles. The van der Waals surface area contributed by atoms with Crippen molar-refractivity contribution in [1.29, 1.82) is 0 Å². The largest absolute Gasteiger partial charge is 0.378 e. The highest BCUT2D eigenvalue weighted by molar-refractivity contribution is 6.02. The average molecular weight is 585 g/mol. The van der Waals surface area contributed by atoms with Gasteiger partial charge in [-0.05, 0) is 56.5 Å². The Bertz CT molecular complexity index is 1710. The van der Waals surface area contributed by atoms with Gasteiger partial charge in [-0.3, -0.25) is 9.56 Å². The van der Waals surface area contributed by atoms with E-state index in [1.807, 2.05) is 56.0 Å². The minimum absolute atomic E-state index is 0.0612. The molecule has 11 heteroatoms. The summed E-state index contributed by atoms with van der Waals surface area (Å²) in [6, 6.07) is 14.9. The molecule has 222 valence electrons. The summed E-state index contributed by atoms with van der Waals surface area (Å²) in [6.07, 6.45) is 5.52. The number of morpholine rings is 1. The number of halogens is 2. The number of hydrogen-bond acceptors (Lipinski definition) is 8. The Hall–Kier alpha value is -4.69. The number of aromatic nitrogens is 5. The lowest BCUT2D eigenvalue weighted by Gasteiger charge is -2.30. The molecule has 0 saturated carbocycles. The van der Waals surface area contributed by atoms with Crippen LogP contribution in [-0.4, -0.2) is 69.1 Å². The number of imidazole rings is 1. The normalized spacial score (nSPS) is 14.8. The van der Waals surface area contributed by atoms with Crippen LogP contribution in [0.25, 0.3) is 22.6 Å². The van der Waals surface area contributed by atoms with Crippen LogP contribution in [0, 0.1) is 12.3 Å². The number of alkyl halides is 2.